The van der Waals surface area contributed by atoms with Crippen molar-refractivity contribution in [1.82, 2.24) is 9.55 Å². The zero-order chi connectivity index (χ0) is 36.2. The van der Waals surface area contributed by atoms with E-state index in [2.05, 4.69) is 113 Å². The highest BCUT2D eigenvalue weighted by Gasteiger charge is 2.29. The van der Waals surface area contributed by atoms with Crippen molar-refractivity contribution in [2.24, 2.45) is 10.3 Å². The summed E-state index contributed by atoms with van der Waals surface area (Å²) in [5.74, 6) is 1.34. The maximum absolute atomic E-state index is 7.37. The highest BCUT2D eigenvalue weighted by atomic mass is 32.1. The van der Waals surface area contributed by atoms with Crippen molar-refractivity contribution in [2.75, 3.05) is 41.7 Å². The summed E-state index contributed by atoms with van der Waals surface area (Å²) in [7, 11) is 0. The van der Waals surface area contributed by atoms with Crippen molar-refractivity contribution < 1.29 is 0 Å². The normalized spacial score (nSPS) is 14.2. The number of nitrogens with zero attached hydrogens (tertiary/aromatic N) is 5. The van der Waals surface area contributed by atoms with Crippen LogP contribution in [0.2, 0.25) is 0 Å². The van der Waals surface area contributed by atoms with E-state index in [1.165, 1.54) is 61.0 Å². The molecule has 3 heterocycles. The number of fused-ring (bicyclic) bond motifs is 3. The third kappa shape index (κ3) is 7.09. The first-order valence-electron chi connectivity index (χ1n) is 19.9. The van der Waals surface area contributed by atoms with Crippen LogP contribution < -0.4 is 15.5 Å². The molecule has 6 nitrogen and oxygen atoms in total. The van der Waals surface area contributed by atoms with Gasteiger partial charge >= 0.3 is 0 Å². The summed E-state index contributed by atoms with van der Waals surface area (Å²) in [5.41, 5.74) is 21.4. The predicted molar refractivity (Wildman–Crippen MR) is 225 cm³/mol. The van der Waals surface area contributed by atoms with Gasteiger partial charge in [0.05, 0.1) is 11.2 Å². The molecule has 0 fully saturated rings. The van der Waals surface area contributed by atoms with E-state index in [1.54, 1.807) is 0 Å². The predicted octanol–water partition coefficient (Wildman–Crippen LogP) is 11.5. The molecule has 7 rings (SSSR count). The fourth-order valence-corrected chi connectivity index (χ4v) is 8.80. The number of nitrogens with two attached hydrogens (primary N) is 1. The molecule has 0 aliphatic carbocycles. The van der Waals surface area contributed by atoms with Crippen LogP contribution in [-0.4, -0.2) is 35.7 Å². The van der Waals surface area contributed by atoms with Gasteiger partial charge in [-0.2, -0.15) is 4.36 Å². The van der Waals surface area contributed by atoms with E-state index < -0.39 is 0 Å². The summed E-state index contributed by atoms with van der Waals surface area (Å²) in [6.45, 7) is 14.4. The van der Waals surface area contributed by atoms with E-state index in [1.807, 2.05) is 0 Å². The Bertz CT molecular complexity index is 2030. The second kappa shape index (κ2) is 16.2. The monoisotopic (exact) mass is 712 g/mol. The Morgan fingerprint density at radius 3 is 1.87 bits per heavy atom. The molecule has 0 atom stereocenters. The molecule has 0 amide bonds. The fraction of sp³-hybridized carbons (Fsp3) is 0.444. The third-order valence-electron chi connectivity index (χ3n) is 11.1. The number of benzene rings is 4. The highest BCUT2D eigenvalue weighted by molar-refractivity contribution is 7.47. The van der Waals surface area contributed by atoms with E-state index in [4.69, 9.17) is 23.1 Å². The van der Waals surface area contributed by atoms with Gasteiger partial charge in [-0.3, -0.25) is 0 Å². The number of nitrogen functional groups attached to an aromatic ring is 1. The summed E-state index contributed by atoms with van der Waals surface area (Å²) in [6, 6.07) is 24.5. The van der Waals surface area contributed by atoms with Crippen molar-refractivity contribution in [3.8, 4) is 33.6 Å². The number of imidazole rings is 1. The van der Waals surface area contributed by atoms with Gasteiger partial charge in [-0.1, -0.05) is 95.8 Å². The summed E-state index contributed by atoms with van der Waals surface area (Å²) in [6.07, 6.45) is 11.9. The average Bonchev–Trinajstić information content (AvgIpc) is 3.52. The van der Waals surface area contributed by atoms with Crippen molar-refractivity contribution in [3.63, 3.8) is 0 Å². The van der Waals surface area contributed by atoms with Gasteiger partial charge in [-0.15, -0.1) is 0 Å². The van der Waals surface area contributed by atoms with E-state index in [0.29, 0.717) is 17.3 Å². The van der Waals surface area contributed by atoms with Crippen LogP contribution in [0, 0.1) is 5.92 Å². The van der Waals surface area contributed by atoms with Crippen LogP contribution in [0.25, 0.3) is 44.7 Å². The minimum absolute atomic E-state index is 0.392. The average molecular weight is 713 g/mol. The van der Waals surface area contributed by atoms with Gasteiger partial charge in [0.15, 0.2) is 0 Å². The van der Waals surface area contributed by atoms with Crippen molar-refractivity contribution in [2.45, 2.75) is 98.4 Å². The molecule has 2 aliphatic heterocycles. The van der Waals surface area contributed by atoms with Gasteiger partial charge < -0.3 is 20.1 Å². The first kappa shape index (κ1) is 36.1. The molecule has 272 valence electrons. The van der Waals surface area contributed by atoms with Crippen LogP contribution in [0.15, 0.2) is 71.1 Å². The molecule has 0 bridgehead atoms. The quantitative estimate of drug-likeness (QED) is 0.0917. The molecule has 0 radical (unpaired) electrons. The second-order valence-electron chi connectivity index (χ2n) is 15.4. The zero-order valence-corrected chi connectivity index (χ0v) is 32.6. The molecule has 52 heavy (non-hydrogen) atoms. The molecule has 2 aliphatic rings. The highest BCUT2D eigenvalue weighted by Crippen LogP contribution is 2.50. The Kier molecular flexibility index (Phi) is 11.3. The van der Waals surface area contributed by atoms with E-state index in [-0.39, 0.29) is 0 Å². The molecular weight excluding hydrogens is 657 g/mol. The number of aromatic nitrogens is 2. The van der Waals surface area contributed by atoms with Crippen molar-refractivity contribution >= 4 is 46.2 Å². The SMILES string of the molecule is CCCCCN1CCCc2cc(-c3c(N=S)c(N)c(-c4ccc5c(c4)CCCN5CCCCC)c4c3nc(-c3ccccc3)n4CC(C)C)ccc21. The fourth-order valence-electron chi connectivity index (χ4n) is 8.62. The van der Waals surface area contributed by atoms with Crippen molar-refractivity contribution in [3.05, 3.63) is 77.9 Å². The molecule has 5 aromatic rings. The Morgan fingerprint density at radius 2 is 1.33 bits per heavy atom. The summed E-state index contributed by atoms with van der Waals surface area (Å²) < 4.78 is 6.98. The van der Waals surface area contributed by atoms with Crippen LogP contribution in [0.5, 0.6) is 0 Å². The van der Waals surface area contributed by atoms with Gasteiger partial charge in [0.2, 0.25) is 0 Å². The zero-order valence-electron chi connectivity index (χ0n) is 31.8. The molecular formula is C45H56N6S. The van der Waals surface area contributed by atoms with Crippen LogP contribution in [0.1, 0.15) is 90.2 Å². The maximum Gasteiger partial charge on any atom is 0.141 e. The minimum Gasteiger partial charge on any atom is -0.396 e. The van der Waals surface area contributed by atoms with Gasteiger partial charge in [-0.05, 0) is 91.0 Å². The van der Waals surface area contributed by atoms with Crippen LogP contribution in [0.3, 0.4) is 0 Å². The molecule has 4 aromatic carbocycles. The smallest absolute Gasteiger partial charge is 0.141 e. The van der Waals surface area contributed by atoms with E-state index >= 15 is 0 Å². The van der Waals surface area contributed by atoms with Crippen molar-refractivity contribution in [1.29, 1.82) is 0 Å². The van der Waals surface area contributed by atoms with Crippen LogP contribution in [-0.2, 0) is 31.8 Å². The van der Waals surface area contributed by atoms with E-state index in [0.717, 1.165) is 103 Å². The largest absolute Gasteiger partial charge is 0.396 e. The number of rotatable bonds is 14. The lowest BCUT2D eigenvalue weighted by atomic mass is 9.90. The lowest BCUT2D eigenvalue weighted by molar-refractivity contribution is 0.537. The molecule has 1 aromatic heterocycles. The molecule has 7 heteroatoms. The Morgan fingerprint density at radius 1 is 0.750 bits per heavy atom. The second-order valence-corrected chi connectivity index (χ2v) is 15.6. The van der Waals surface area contributed by atoms with Gasteiger partial charge in [0.25, 0.3) is 0 Å². The Labute approximate surface area is 316 Å². The number of anilines is 3. The Balaban J connectivity index is 1.46. The van der Waals surface area contributed by atoms with Gasteiger partial charge in [-0.25, -0.2) is 4.98 Å². The summed E-state index contributed by atoms with van der Waals surface area (Å²) >= 11 is 5.63. The third-order valence-corrected chi connectivity index (χ3v) is 11.3. The molecule has 2 N–H and O–H groups in total. The topological polar surface area (TPSA) is 62.7 Å². The first-order valence-corrected chi connectivity index (χ1v) is 20.3. The molecule has 0 saturated heterocycles. The summed E-state index contributed by atoms with van der Waals surface area (Å²) in [4.78, 5) is 10.7. The molecule has 0 saturated carbocycles. The molecule has 0 unspecified atom stereocenters. The lowest BCUT2D eigenvalue weighted by Crippen LogP contribution is -2.30. The van der Waals surface area contributed by atoms with Gasteiger partial charge in [0.1, 0.15) is 17.0 Å². The van der Waals surface area contributed by atoms with E-state index in [9.17, 15) is 0 Å². The number of hydrogen-bond donors (Lipinski definition) is 1. The molecule has 0 spiro atoms. The minimum atomic E-state index is 0.392. The standard InChI is InChI=1S/C45H56N6S/c1-5-7-12-24-49-26-14-18-33-28-35(20-22-37(33)49)39-41(46)42(48-52)40(36-21-23-38-34(29-36)19-15-27-50(38)25-13-8-6-2)43-44(39)51(30-31(3)4)45(47-43)32-16-10-9-11-17-32/h9-11,16-17,20-23,28-29,31H,5-8,12-15,18-19,24-27,30,46H2,1-4H3. The number of aryl methyl sites for hydroxylation is 2. The van der Waals surface area contributed by atoms with Gasteiger partial charge in [0, 0.05) is 73.2 Å². The van der Waals surface area contributed by atoms with Crippen LogP contribution in [0.4, 0.5) is 22.7 Å². The number of hydrogen-bond acceptors (Lipinski definition) is 6. The first-order chi connectivity index (χ1) is 25.4. The summed E-state index contributed by atoms with van der Waals surface area (Å²) in [5, 5.41) is 0. The lowest BCUT2D eigenvalue weighted by Gasteiger charge is -2.32. The maximum atomic E-state index is 7.37. The van der Waals surface area contributed by atoms with Crippen LogP contribution >= 0.6 is 0 Å². The number of unbranched alkanes of at least 4 members (excludes halogenated alkanes) is 4. The Hall–Kier alpha value is -4.23.